The molecule has 1 unspecified atom stereocenters. The molecule has 0 saturated carbocycles. The zero-order chi connectivity index (χ0) is 15.8. The Morgan fingerprint density at radius 1 is 1.45 bits per heavy atom. The second kappa shape index (κ2) is 8.27. The maximum atomic E-state index is 10.8. The minimum atomic E-state index is -0.809. The SMILES string of the molecule is COc1ccc(COCC#CC(O)C[C@@H]2COC(=O)N2)cc1. The Kier molecular flexibility index (Phi) is 6.07. The fourth-order valence-corrected chi connectivity index (χ4v) is 1.98. The van der Waals surface area contributed by atoms with Crippen LogP contribution in [0.5, 0.6) is 5.75 Å². The predicted octanol–water partition coefficient (Wildman–Crippen LogP) is 1.07. The standard InChI is InChI=1S/C16H19NO5/c1-20-15-6-4-12(5-7-15)10-21-8-2-3-14(18)9-13-11-22-16(19)17-13/h4-7,13-14,18H,8-11H2,1H3,(H,17,19)/t13-,14?/m1/s1. The number of aliphatic hydroxyl groups excluding tert-OH is 1. The van der Waals surface area contributed by atoms with Crippen LogP contribution in [-0.2, 0) is 16.1 Å². The summed E-state index contributed by atoms with van der Waals surface area (Å²) in [6.07, 6.45) is -0.915. The van der Waals surface area contributed by atoms with Crippen molar-refractivity contribution in [2.45, 2.75) is 25.2 Å². The molecule has 0 bridgehead atoms. The van der Waals surface area contributed by atoms with Gasteiger partial charge in [-0.25, -0.2) is 4.79 Å². The topological polar surface area (TPSA) is 77.0 Å². The maximum Gasteiger partial charge on any atom is 0.407 e. The van der Waals surface area contributed by atoms with Crippen LogP contribution in [0.25, 0.3) is 0 Å². The fourth-order valence-electron chi connectivity index (χ4n) is 1.98. The van der Waals surface area contributed by atoms with Gasteiger partial charge in [-0.3, -0.25) is 0 Å². The molecule has 2 rings (SSSR count). The molecule has 1 amide bonds. The van der Waals surface area contributed by atoms with Gasteiger partial charge in [-0.1, -0.05) is 24.0 Å². The summed E-state index contributed by atoms with van der Waals surface area (Å²) in [7, 11) is 1.62. The van der Waals surface area contributed by atoms with Crippen molar-refractivity contribution in [2.24, 2.45) is 0 Å². The van der Waals surface area contributed by atoms with Gasteiger partial charge in [-0.2, -0.15) is 0 Å². The third-order valence-corrected chi connectivity index (χ3v) is 3.12. The monoisotopic (exact) mass is 305 g/mol. The number of alkyl carbamates (subject to hydrolysis) is 1. The molecule has 1 aliphatic heterocycles. The summed E-state index contributed by atoms with van der Waals surface area (Å²) in [5.74, 6) is 6.25. The van der Waals surface area contributed by atoms with Crippen molar-refractivity contribution in [2.75, 3.05) is 20.3 Å². The average Bonchev–Trinajstić information content (AvgIpc) is 2.92. The van der Waals surface area contributed by atoms with Crippen molar-refractivity contribution >= 4 is 6.09 Å². The first-order valence-electron chi connectivity index (χ1n) is 6.98. The highest BCUT2D eigenvalue weighted by atomic mass is 16.6. The second-order valence-corrected chi connectivity index (χ2v) is 4.85. The normalized spacial score (nSPS) is 17.9. The molecule has 118 valence electrons. The maximum absolute atomic E-state index is 10.8. The van der Waals surface area contributed by atoms with Crippen molar-refractivity contribution in [1.29, 1.82) is 0 Å². The highest BCUT2D eigenvalue weighted by molar-refractivity contribution is 5.69. The smallest absolute Gasteiger partial charge is 0.407 e. The van der Waals surface area contributed by atoms with Crippen molar-refractivity contribution in [1.82, 2.24) is 5.32 Å². The number of carbonyl (C=O) groups excluding carboxylic acids is 1. The molecule has 1 saturated heterocycles. The molecule has 6 heteroatoms. The van der Waals surface area contributed by atoms with Crippen LogP contribution in [0.15, 0.2) is 24.3 Å². The van der Waals surface area contributed by atoms with E-state index in [1.807, 2.05) is 24.3 Å². The van der Waals surface area contributed by atoms with Crippen LogP contribution in [0, 0.1) is 11.8 Å². The summed E-state index contributed by atoms with van der Waals surface area (Å²) in [6.45, 7) is 0.948. The van der Waals surface area contributed by atoms with Gasteiger partial charge in [-0.15, -0.1) is 0 Å². The highest BCUT2D eigenvalue weighted by Crippen LogP contribution is 2.11. The van der Waals surface area contributed by atoms with E-state index in [0.29, 0.717) is 13.0 Å². The number of aliphatic hydroxyl groups is 1. The number of rotatable bonds is 6. The molecule has 22 heavy (non-hydrogen) atoms. The zero-order valence-corrected chi connectivity index (χ0v) is 12.4. The van der Waals surface area contributed by atoms with Gasteiger partial charge in [-0.05, 0) is 17.7 Å². The van der Waals surface area contributed by atoms with E-state index in [1.165, 1.54) is 0 Å². The van der Waals surface area contributed by atoms with E-state index in [0.717, 1.165) is 11.3 Å². The van der Waals surface area contributed by atoms with Crippen LogP contribution in [0.4, 0.5) is 4.79 Å². The first-order chi connectivity index (χ1) is 10.7. The Labute approximate surface area is 129 Å². The number of cyclic esters (lactones) is 1. The molecule has 1 fully saturated rings. The van der Waals surface area contributed by atoms with Gasteiger partial charge < -0.3 is 24.6 Å². The average molecular weight is 305 g/mol. The van der Waals surface area contributed by atoms with Gasteiger partial charge >= 0.3 is 6.09 Å². The fraction of sp³-hybridized carbons (Fsp3) is 0.438. The number of nitrogens with one attached hydrogen (secondary N) is 1. The van der Waals surface area contributed by atoms with E-state index in [-0.39, 0.29) is 19.3 Å². The van der Waals surface area contributed by atoms with Crippen LogP contribution in [0.1, 0.15) is 12.0 Å². The van der Waals surface area contributed by atoms with Gasteiger partial charge in [0.25, 0.3) is 0 Å². The Morgan fingerprint density at radius 2 is 2.23 bits per heavy atom. The summed E-state index contributed by atoms with van der Waals surface area (Å²) in [5, 5.41) is 12.3. The van der Waals surface area contributed by atoms with E-state index in [4.69, 9.17) is 14.2 Å². The number of hydrogen-bond acceptors (Lipinski definition) is 5. The Balaban J connectivity index is 1.64. The third-order valence-electron chi connectivity index (χ3n) is 3.12. The van der Waals surface area contributed by atoms with E-state index in [9.17, 15) is 9.90 Å². The van der Waals surface area contributed by atoms with E-state index < -0.39 is 12.2 Å². The minimum absolute atomic E-state index is 0.183. The largest absolute Gasteiger partial charge is 0.497 e. The van der Waals surface area contributed by atoms with E-state index in [1.54, 1.807) is 7.11 Å². The number of methoxy groups -OCH3 is 1. The van der Waals surface area contributed by atoms with Gasteiger partial charge in [0, 0.05) is 6.42 Å². The summed E-state index contributed by atoms with van der Waals surface area (Å²) >= 11 is 0. The molecule has 1 aliphatic rings. The van der Waals surface area contributed by atoms with Crippen LogP contribution < -0.4 is 10.1 Å². The van der Waals surface area contributed by atoms with Gasteiger partial charge in [0.15, 0.2) is 0 Å². The van der Waals surface area contributed by atoms with E-state index >= 15 is 0 Å². The molecule has 1 aromatic rings. The molecule has 0 spiro atoms. The molecule has 2 N–H and O–H groups in total. The molecular weight excluding hydrogens is 286 g/mol. The lowest BCUT2D eigenvalue weighted by atomic mass is 10.1. The molecule has 1 heterocycles. The van der Waals surface area contributed by atoms with Crippen LogP contribution in [0.2, 0.25) is 0 Å². The van der Waals surface area contributed by atoms with Crippen molar-refractivity contribution in [3.8, 4) is 17.6 Å². The molecule has 0 radical (unpaired) electrons. The molecule has 0 aliphatic carbocycles. The van der Waals surface area contributed by atoms with Crippen molar-refractivity contribution in [3.05, 3.63) is 29.8 Å². The third kappa shape index (κ3) is 5.28. The second-order valence-electron chi connectivity index (χ2n) is 4.85. The molecular formula is C16H19NO5. The quantitative estimate of drug-likeness (QED) is 0.607. The van der Waals surface area contributed by atoms with Crippen molar-refractivity contribution < 1.29 is 24.1 Å². The minimum Gasteiger partial charge on any atom is -0.497 e. The number of amides is 1. The van der Waals surface area contributed by atoms with Crippen LogP contribution in [-0.4, -0.2) is 43.7 Å². The van der Waals surface area contributed by atoms with Crippen molar-refractivity contribution in [3.63, 3.8) is 0 Å². The van der Waals surface area contributed by atoms with Gasteiger partial charge in [0.1, 0.15) is 25.1 Å². The Hall–Kier alpha value is -2.23. The predicted molar refractivity (Wildman–Crippen MR) is 79.3 cm³/mol. The number of carbonyl (C=O) groups is 1. The lowest BCUT2D eigenvalue weighted by Crippen LogP contribution is -2.29. The van der Waals surface area contributed by atoms with Crippen LogP contribution >= 0.6 is 0 Å². The molecule has 1 aromatic carbocycles. The molecule has 0 aromatic heterocycles. The summed E-state index contributed by atoms with van der Waals surface area (Å²) < 4.78 is 15.2. The van der Waals surface area contributed by atoms with E-state index in [2.05, 4.69) is 17.2 Å². The highest BCUT2D eigenvalue weighted by Gasteiger charge is 2.23. The molecule has 2 atom stereocenters. The first-order valence-corrected chi connectivity index (χ1v) is 6.98. The Bertz CT molecular complexity index is 546. The Morgan fingerprint density at radius 3 is 2.86 bits per heavy atom. The summed E-state index contributed by atoms with van der Waals surface area (Å²) in [4.78, 5) is 10.8. The zero-order valence-electron chi connectivity index (χ0n) is 12.4. The lowest BCUT2D eigenvalue weighted by molar-refractivity contribution is 0.152. The van der Waals surface area contributed by atoms with Gasteiger partial charge in [0.2, 0.25) is 0 Å². The number of hydrogen-bond donors (Lipinski definition) is 2. The van der Waals surface area contributed by atoms with Crippen LogP contribution in [0.3, 0.4) is 0 Å². The number of ether oxygens (including phenoxy) is 3. The lowest BCUT2D eigenvalue weighted by Gasteiger charge is -2.08. The summed E-state index contributed by atoms with van der Waals surface area (Å²) in [6, 6.07) is 7.39. The number of benzene rings is 1. The van der Waals surface area contributed by atoms with Gasteiger partial charge in [0.05, 0.1) is 19.8 Å². The molecule has 6 nitrogen and oxygen atoms in total. The summed E-state index contributed by atoms with van der Waals surface area (Å²) in [5.41, 5.74) is 1.02. The first kappa shape index (κ1) is 16.1.